The summed E-state index contributed by atoms with van der Waals surface area (Å²) < 4.78 is 30.6. The summed E-state index contributed by atoms with van der Waals surface area (Å²) in [7, 11) is 0. The zero-order chi connectivity index (χ0) is 26.5. The Labute approximate surface area is 215 Å². The number of piperazine rings is 1. The van der Waals surface area contributed by atoms with Crippen molar-refractivity contribution in [2.45, 2.75) is 6.54 Å². The second-order valence-corrected chi connectivity index (χ2v) is 8.49. The molecule has 1 aliphatic rings. The van der Waals surface area contributed by atoms with Gasteiger partial charge in [-0.3, -0.25) is 14.9 Å². The first-order chi connectivity index (χ1) is 18.5. The van der Waals surface area contributed by atoms with E-state index < -0.39 is 10.7 Å². The molecule has 0 saturated carbocycles. The van der Waals surface area contributed by atoms with E-state index in [0.717, 1.165) is 0 Å². The second-order valence-electron chi connectivity index (χ2n) is 8.49. The quantitative estimate of drug-likeness (QED) is 0.255. The fourth-order valence-corrected chi connectivity index (χ4v) is 4.03. The van der Waals surface area contributed by atoms with E-state index in [-0.39, 0.29) is 18.2 Å². The number of ether oxygens (including phenoxy) is 1. The van der Waals surface area contributed by atoms with E-state index in [1.165, 1.54) is 36.6 Å². The lowest BCUT2D eigenvalue weighted by Crippen LogP contribution is -2.50. The fourth-order valence-electron chi connectivity index (χ4n) is 4.03. The average molecular weight is 522 g/mol. The Morgan fingerprint density at radius 2 is 1.87 bits per heavy atom. The number of carbonyl (C=O) groups excluding carboxylic acids is 1. The molecule has 2 aromatic heterocycles. The van der Waals surface area contributed by atoms with Gasteiger partial charge in [0.25, 0.3) is 11.6 Å². The van der Waals surface area contributed by atoms with Crippen LogP contribution in [0.3, 0.4) is 0 Å². The number of nitrogens with zero attached hydrogens (tertiary/aromatic N) is 5. The van der Waals surface area contributed by atoms with Gasteiger partial charge < -0.3 is 28.9 Å². The van der Waals surface area contributed by atoms with Gasteiger partial charge in [-0.05, 0) is 24.3 Å². The van der Waals surface area contributed by atoms with Crippen LogP contribution in [0, 0.1) is 15.9 Å². The van der Waals surface area contributed by atoms with E-state index in [1.54, 1.807) is 29.2 Å². The van der Waals surface area contributed by atoms with E-state index >= 15 is 4.39 Å². The van der Waals surface area contributed by atoms with E-state index in [9.17, 15) is 14.9 Å². The summed E-state index contributed by atoms with van der Waals surface area (Å²) in [4.78, 5) is 26.3. The topological polar surface area (TPSA) is 140 Å². The molecule has 1 saturated heterocycles. The van der Waals surface area contributed by atoms with E-state index in [1.807, 2.05) is 4.90 Å². The molecule has 0 radical (unpaired) electrons. The minimum absolute atomic E-state index is 0.0534. The summed E-state index contributed by atoms with van der Waals surface area (Å²) >= 11 is 0. The number of hydrogen-bond acceptors (Lipinski definition) is 10. The minimum Gasteiger partial charge on any atom is -0.484 e. The number of rotatable bonds is 9. The average Bonchev–Trinajstić information content (AvgIpc) is 3.63. The normalized spacial score (nSPS) is 13.4. The molecule has 1 aliphatic heterocycles. The molecule has 0 unspecified atom stereocenters. The third-order valence-corrected chi connectivity index (χ3v) is 6.07. The van der Waals surface area contributed by atoms with Crippen molar-refractivity contribution in [1.29, 1.82) is 0 Å². The van der Waals surface area contributed by atoms with E-state index in [2.05, 4.69) is 15.6 Å². The number of non-ortho nitro benzene ring substituents is 1. The number of aromatic nitrogens is 2. The molecule has 4 aromatic rings. The van der Waals surface area contributed by atoms with Gasteiger partial charge in [0.2, 0.25) is 0 Å². The Morgan fingerprint density at radius 1 is 1.08 bits per heavy atom. The zero-order valence-electron chi connectivity index (χ0n) is 20.1. The van der Waals surface area contributed by atoms with Crippen molar-refractivity contribution in [3.8, 4) is 17.0 Å². The van der Waals surface area contributed by atoms with Gasteiger partial charge in [-0.2, -0.15) is 0 Å². The van der Waals surface area contributed by atoms with Crippen LogP contribution in [0.4, 0.5) is 21.6 Å². The molecule has 12 nitrogen and oxygen atoms in total. The molecule has 0 aliphatic carbocycles. The van der Waals surface area contributed by atoms with Crippen LogP contribution in [0.1, 0.15) is 5.76 Å². The Morgan fingerprint density at radius 3 is 2.55 bits per heavy atom. The number of nitro groups is 1. The van der Waals surface area contributed by atoms with Crippen molar-refractivity contribution < 1.29 is 27.9 Å². The summed E-state index contributed by atoms with van der Waals surface area (Å²) in [6.45, 7) is 1.91. The first-order valence-electron chi connectivity index (χ1n) is 11.8. The molecular weight excluding hydrogens is 499 g/mol. The van der Waals surface area contributed by atoms with Gasteiger partial charge in [-0.1, -0.05) is 16.4 Å². The van der Waals surface area contributed by atoms with Crippen molar-refractivity contribution in [2.24, 2.45) is 0 Å². The highest BCUT2D eigenvalue weighted by molar-refractivity contribution is 5.78. The number of halogens is 1. The van der Waals surface area contributed by atoms with Crippen LogP contribution in [0.5, 0.6) is 5.75 Å². The highest BCUT2D eigenvalue weighted by Gasteiger charge is 2.23. The van der Waals surface area contributed by atoms with E-state index in [0.29, 0.717) is 67.0 Å². The standard InChI is InChI=1S/C25H23FN6O6/c26-21-13-17(22-14-20(38-28-22)15-27-24-7-12-37-29-24)1-6-23(21)30-8-10-31(11-9-30)25(33)16-36-19-4-2-18(3-5-19)32(34)35/h1-7,12-14H,8-11,15-16H2,(H,27,29). The van der Waals surface area contributed by atoms with Crippen molar-refractivity contribution in [3.05, 3.63) is 82.6 Å². The number of amides is 1. The molecule has 2 aromatic carbocycles. The molecule has 3 heterocycles. The van der Waals surface area contributed by atoms with Gasteiger partial charge in [0.15, 0.2) is 18.2 Å². The molecule has 196 valence electrons. The van der Waals surface area contributed by atoms with Crippen LogP contribution < -0.4 is 15.0 Å². The monoisotopic (exact) mass is 522 g/mol. The Kier molecular flexibility index (Phi) is 7.15. The predicted molar refractivity (Wildman–Crippen MR) is 133 cm³/mol. The number of hydrogen-bond donors (Lipinski definition) is 1. The van der Waals surface area contributed by atoms with E-state index in [4.69, 9.17) is 13.8 Å². The number of nitro benzene ring substituents is 1. The van der Waals surface area contributed by atoms with Crippen molar-refractivity contribution in [2.75, 3.05) is 43.0 Å². The fraction of sp³-hybridized carbons (Fsp3) is 0.240. The molecule has 5 rings (SSSR count). The largest absolute Gasteiger partial charge is 0.484 e. The van der Waals surface area contributed by atoms with Gasteiger partial charge in [-0.15, -0.1) is 0 Å². The Hall–Kier alpha value is -4.94. The maximum absolute atomic E-state index is 15.0. The highest BCUT2D eigenvalue weighted by Crippen LogP contribution is 2.27. The van der Waals surface area contributed by atoms with Crippen molar-refractivity contribution in [3.63, 3.8) is 0 Å². The lowest BCUT2D eigenvalue weighted by Gasteiger charge is -2.36. The first-order valence-corrected chi connectivity index (χ1v) is 11.8. The lowest BCUT2D eigenvalue weighted by molar-refractivity contribution is -0.384. The number of benzene rings is 2. The molecule has 1 fully saturated rings. The zero-order valence-corrected chi connectivity index (χ0v) is 20.1. The van der Waals surface area contributed by atoms with Gasteiger partial charge in [0.1, 0.15) is 23.5 Å². The maximum Gasteiger partial charge on any atom is 0.269 e. The van der Waals surface area contributed by atoms with Crippen LogP contribution in [-0.4, -0.2) is 58.8 Å². The van der Waals surface area contributed by atoms with Crippen LogP contribution in [-0.2, 0) is 11.3 Å². The van der Waals surface area contributed by atoms with Gasteiger partial charge in [0, 0.05) is 56.0 Å². The van der Waals surface area contributed by atoms with Crippen LogP contribution in [0.15, 0.2) is 69.9 Å². The van der Waals surface area contributed by atoms with Gasteiger partial charge >= 0.3 is 0 Å². The number of carbonyl (C=O) groups is 1. The summed E-state index contributed by atoms with van der Waals surface area (Å²) in [6, 6.07) is 13.8. The molecule has 38 heavy (non-hydrogen) atoms. The summed E-state index contributed by atoms with van der Waals surface area (Å²) in [5, 5.41) is 21.5. The molecule has 1 N–H and O–H groups in total. The Bertz CT molecular complexity index is 1400. The maximum atomic E-state index is 15.0. The van der Waals surface area contributed by atoms with Gasteiger partial charge in [-0.25, -0.2) is 4.39 Å². The molecular formula is C25H23FN6O6. The molecule has 0 atom stereocenters. The summed E-state index contributed by atoms with van der Waals surface area (Å²) in [5.41, 5.74) is 1.48. The SMILES string of the molecule is O=C(COc1ccc([N+](=O)[O-])cc1)N1CCN(c2ccc(-c3cc(CNc4ccon4)on3)cc2F)CC1. The Balaban J connectivity index is 1.12. The smallest absolute Gasteiger partial charge is 0.269 e. The predicted octanol–water partition coefficient (Wildman–Crippen LogP) is 3.72. The molecule has 0 bridgehead atoms. The van der Waals surface area contributed by atoms with Crippen LogP contribution in [0.25, 0.3) is 11.3 Å². The summed E-state index contributed by atoms with van der Waals surface area (Å²) in [6.07, 6.45) is 1.45. The third kappa shape index (κ3) is 5.72. The minimum atomic E-state index is -0.504. The summed E-state index contributed by atoms with van der Waals surface area (Å²) in [5.74, 6) is 0.894. The van der Waals surface area contributed by atoms with Crippen molar-refractivity contribution >= 4 is 23.1 Å². The molecule has 1 amide bonds. The van der Waals surface area contributed by atoms with Crippen LogP contribution in [0.2, 0.25) is 0 Å². The number of nitrogens with one attached hydrogen (secondary N) is 1. The van der Waals surface area contributed by atoms with Crippen molar-refractivity contribution in [1.82, 2.24) is 15.2 Å². The highest BCUT2D eigenvalue weighted by atomic mass is 19.1. The van der Waals surface area contributed by atoms with Crippen LogP contribution >= 0.6 is 0 Å². The second kappa shape index (κ2) is 11.0. The lowest BCUT2D eigenvalue weighted by atomic mass is 10.1. The molecule has 13 heteroatoms. The van der Waals surface area contributed by atoms with Gasteiger partial charge in [0.05, 0.1) is 17.2 Å². The third-order valence-electron chi connectivity index (χ3n) is 6.07. The first kappa shape index (κ1) is 24.7. The number of anilines is 2. The molecule has 0 spiro atoms.